The van der Waals surface area contributed by atoms with Crippen LogP contribution < -0.4 is 15.4 Å². The third kappa shape index (κ3) is 5.45. The molecule has 1 heterocycles. The van der Waals surface area contributed by atoms with Crippen LogP contribution in [0.25, 0.3) is 0 Å². The normalized spacial score (nSPS) is 11.6. The molecule has 2 N–H and O–H groups in total. The number of rotatable bonds is 7. The van der Waals surface area contributed by atoms with Crippen LogP contribution in [0.4, 0.5) is 0 Å². The molecule has 2 rings (SSSR count). The minimum Gasteiger partial charge on any atom is -0.496 e. The molecule has 1 aromatic heterocycles. The molecule has 0 radical (unpaired) electrons. The molecule has 1 atom stereocenters. The van der Waals surface area contributed by atoms with Gasteiger partial charge in [0.1, 0.15) is 11.9 Å². The molecule has 25 heavy (non-hydrogen) atoms. The van der Waals surface area contributed by atoms with Gasteiger partial charge in [0.15, 0.2) is 0 Å². The Bertz CT molecular complexity index is 735. The standard InChI is InChI=1S/C17H19ClN2O4S/c1-23-12-6-4-3-5-11(12)9-19-16(21)17(22)20-10-13(24-2)14-7-8-15(18)25-14/h3-8,13H,9-10H2,1-2H3,(H,19,21)(H,20,22)/t13-/m1/s1. The SMILES string of the molecule is COc1ccccc1CNC(=O)C(=O)NC[C@@H](OC)c1ccc(Cl)s1. The lowest BCUT2D eigenvalue weighted by Gasteiger charge is -2.14. The van der Waals surface area contributed by atoms with Gasteiger partial charge >= 0.3 is 11.8 Å². The summed E-state index contributed by atoms with van der Waals surface area (Å²) in [5.41, 5.74) is 0.786. The van der Waals surface area contributed by atoms with E-state index in [0.717, 1.165) is 10.4 Å². The van der Waals surface area contributed by atoms with Gasteiger partial charge in [0.2, 0.25) is 0 Å². The summed E-state index contributed by atoms with van der Waals surface area (Å²) in [4.78, 5) is 24.8. The summed E-state index contributed by atoms with van der Waals surface area (Å²) >= 11 is 7.27. The van der Waals surface area contributed by atoms with E-state index in [1.165, 1.54) is 18.4 Å². The van der Waals surface area contributed by atoms with E-state index < -0.39 is 11.8 Å². The van der Waals surface area contributed by atoms with Gasteiger partial charge < -0.3 is 20.1 Å². The molecule has 0 aliphatic rings. The second-order valence-electron chi connectivity index (χ2n) is 5.07. The van der Waals surface area contributed by atoms with Crippen LogP contribution in [0.3, 0.4) is 0 Å². The first-order chi connectivity index (χ1) is 12.0. The molecule has 2 amide bonds. The summed E-state index contributed by atoms with van der Waals surface area (Å²) in [5.74, 6) is -0.790. The van der Waals surface area contributed by atoms with Crippen molar-refractivity contribution in [3.63, 3.8) is 0 Å². The lowest BCUT2D eigenvalue weighted by atomic mass is 10.2. The van der Waals surface area contributed by atoms with Gasteiger partial charge in [-0.15, -0.1) is 11.3 Å². The number of hydrogen-bond acceptors (Lipinski definition) is 5. The van der Waals surface area contributed by atoms with E-state index in [-0.39, 0.29) is 19.2 Å². The van der Waals surface area contributed by atoms with Gasteiger partial charge in [0, 0.05) is 30.6 Å². The number of nitrogens with one attached hydrogen (secondary N) is 2. The van der Waals surface area contributed by atoms with E-state index in [2.05, 4.69) is 10.6 Å². The van der Waals surface area contributed by atoms with Crippen molar-refractivity contribution in [2.24, 2.45) is 0 Å². The lowest BCUT2D eigenvalue weighted by molar-refractivity contribution is -0.139. The van der Waals surface area contributed by atoms with E-state index in [1.807, 2.05) is 24.3 Å². The van der Waals surface area contributed by atoms with E-state index in [1.54, 1.807) is 19.2 Å². The number of hydrogen-bond donors (Lipinski definition) is 2. The fourth-order valence-electron chi connectivity index (χ4n) is 2.17. The molecule has 6 nitrogen and oxygen atoms in total. The number of thiophene rings is 1. The van der Waals surface area contributed by atoms with Gasteiger partial charge in [0.05, 0.1) is 11.4 Å². The summed E-state index contributed by atoms with van der Waals surface area (Å²) in [6.07, 6.45) is -0.358. The number of halogens is 1. The monoisotopic (exact) mass is 382 g/mol. The van der Waals surface area contributed by atoms with Crippen molar-refractivity contribution >= 4 is 34.8 Å². The molecule has 8 heteroatoms. The number of para-hydroxylation sites is 1. The van der Waals surface area contributed by atoms with Gasteiger partial charge in [-0.3, -0.25) is 9.59 Å². The van der Waals surface area contributed by atoms with Crippen LogP contribution >= 0.6 is 22.9 Å². The first-order valence-corrected chi connectivity index (χ1v) is 8.70. The molecular weight excluding hydrogens is 364 g/mol. The zero-order valence-electron chi connectivity index (χ0n) is 13.9. The van der Waals surface area contributed by atoms with Crippen LogP contribution in [0.5, 0.6) is 5.75 Å². The maximum atomic E-state index is 11.9. The summed E-state index contributed by atoms with van der Waals surface area (Å²) in [6.45, 7) is 0.374. The lowest BCUT2D eigenvalue weighted by Crippen LogP contribution is -2.41. The Morgan fingerprint density at radius 1 is 1.12 bits per heavy atom. The molecule has 0 aliphatic carbocycles. The molecule has 0 spiro atoms. The summed E-state index contributed by atoms with van der Waals surface area (Å²) in [7, 11) is 3.08. The molecule has 0 saturated heterocycles. The van der Waals surface area contributed by atoms with E-state index in [0.29, 0.717) is 10.1 Å². The zero-order valence-corrected chi connectivity index (χ0v) is 15.4. The highest BCUT2D eigenvalue weighted by molar-refractivity contribution is 7.16. The molecule has 0 fully saturated rings. The van der Waals surface area contributed by atoms with Crippen molar-refractivity contribution in [2.75, 3.05) is 20.8 Å². The first-order valence-electron chi connectivity index (χ1n) is 7.51. The summed E-state index contributed by atoms with van der Waals surface area (Å²) in [5, 5.41) is 5.13. The Morgan fingerprint density at radius 2 is 1.84 bits per heavy atom. The Morgan fingerprint density at radius 3 is 2.48 bits per heavy atom. The molecule has 0 aliphatic heterocycles. The van der Waals surface area contributed by atoms with Crippen LogP contribution in [0.1, 0.15) is 16.5 Å². The van der Waals surface area contributed by atoms with Gasteiger partial charge in [-0.2, -0.15) is 0 Å². The molecule has 0 unspecified atom stereocenters. The predicted molar refractivity (Wildman–Crippen MR) is 96.9 cm³/mol. The topological polar surface area (TPSA) is 76.7 Å². The molecule has 2 aromatic rings. The van der Waals surface area contributed by atoms with Crippen LogP contribution in [-0.4, -0.2) is 32.6 Å². The number of carbonyl (C=O) groups excluding carboxylic acids is 2. The Balaban J connectivity index is 1.84. The van der Waals surface area contributed by atoms with Crippen molar-refractivity contribution in [3.05, 3.63) is 51.2 Å². The Kier molecular flexibility index (Phi) is 7.24. The zero-order chi connectivity index (χ0) is 18.2. The largest absolute Gasteiger partial charge is 0.496 e. The second-order valence-corrected chi connectivity index (χ2v) is 6.82. The quantitative estimate of drug-likeness (QED) is 0.721. The number of ether oxygens (including phenoxy) is 2. The highest BCUT2D eigenvalue weighted by Gasteiger charge is 2.18. The minimum atomic E-state index is -0.723. The summed E-state index contributed by atoms with van der Waals surface area (Å²) < 4.78 is 11.2. The third-order valence-corrected chi connectivity index (χ3v) is 4.81. The molecule has 134 valence electrons. The van der Waals surface area contributed by atoms with Crippen molar-refractivity contribution < 1.29 is 19.1 Å². The average molecular weight is 383 g/mol. The third-order valence-electron chi connectivity index (χ3n) is 3.48. The van der Waals surface area contributed by atoms with Crippen LogP contribution in [-0.2, 0) is 20.9 Å². The average Bonchev–Trinajstić information content (AvgIpc) is 3.06. The highest BCUT2D eigenvalue weighted by atomic mass is 35.5. The second kappa shape index (κ2) is 9.41. The number of amides is 2. The Labute approximate surface area is 155 Å². The minimum absolute atomic E-state index is 0.175. The van der Waals surface area contributed by atoms with Crippen LogP contribution in [0, 0.1) is 0 Å². The van der Waals surface area contributed by atoms with Gasteiger partial charge in [0.25, 0.3) is 0 Å². The number of carbonyl (C=O) groups is 2. The van der Waals surface area contributed by atoms with Crippen LogP contribution in [0.15, 0.2) is 36.4 Å². The van der Waals surface area contributed by atoms with Crippen molar-refractivity contribution in [1.82, 2.24) is 10.6 Å². The highest BCUT2D eigenvalue weighted by Crippen LogP contribution is 2.28. The molecule has 1 aromatic carbocycles. The maximum Gasteiger partial charge on any atom is 0.309 e. The van der Waals surface area contributed by atoms with Crippen molar-refractivity contribution in [2.45, 2.75) is 12.6 Å². The number of methoxy groups -OCH3 is 2. The van der Waals surface area contributed by atoms with Crippen LogP contribution in [0.2, 0.25) is 4.34 Å². The van der Waals surface area contributed by atoms with Gasteiger partial charge in [-0.25, -0.2) is 0 Å². The van der Waals surface area contributed by atoms with Crippen molar-refractivity contribution in [1.29, 1.82) is 0 Å². The maximum absolute atomic E-state index is 11.9. The smallest absolute Gasteiger partial charge is 0.309 e. The summed E-state index contributed by atoms with van der Waals surface area (Å²) in [6, 6.07) is 10.9. The predicted octanol–water partition coefficient (Wildman–Crippen LogP) is 2.53. The van der Waals surface area contributed by atoms with E-state index in [9.17, 15) is 9.59 Å². The van der Waals surface area contributed by atoms with Gasteiger partial charge in [-0.05, 0) is 18.2 Å². The fraction of sp³-hybridized carbons (Fsp3) is 0.294. The first kappa shape index (κ1) is 19.2. The van der Waals surface area contributed by atoms with Crippen molar-refractivity contribution in [3.8, 4) is 5.75 Å². The molecular formula is C17H19ClN2O4S. The fourth-order valence-corrected chi connectivity index (χ4v) is 3.31. The molecule has 0 saturated carbocycles. The molecule has 0 bridgehead atoms. The van der Waals surface area contributed by atoms with E-state index >= 15 is 0 Å². The van der Waals surface area contributed by atoms with Gasteiger partial charge in [-0.1, -0.05) is 29.8 Å². The number of benzene rings is 1. The Hall–Kier alpha value is -2.09. The van der Waals surface area contributed by atoms with E-state index in [4.69, 9.17) is 21.1 Å².